The number of aryl methyl sites for hydroxylation is 2. The summed E-state index contributed by atoms with van der Waals surface area (Å²) in [6.45, 7) is 7.55. The van der Waals surface area contributed by atoms with E-state index in [1.165, 1.54) is 16.9 Å². The molecule has 27 heavy (non-hydrogen) atoms. The maximum absolute atomic E-state index is 13.0. The number of benzene rings is 2. The first-order valence-corrected chi connectivity index (χ1v) is 9.87. The number of ether oxygens (including phenoxy) is 1. The van der Waals surface area contributed by atoms with Crippen molar-refractivity contribution in [3.05, 3.63) is 81.3 Å². The fourth-order valence-corrected chi connectivity index (χ4v) is 3.71. The molecular weight excluding hydrogens is 356 g/mol. The van der Waals surface area contributed by atoms with Crippen LogP contribution >= 0.6 is 11.3 Å². The van der Waals surface area contributed by atoms with E-state index in [0.717, 1.165) is 22.0 Å². The average Bonchev–Trinajstić information content (AvgIpc) is 3.06. The number of carbonyl (C=O) groups is 1. The molecule has 0 aliphatic rings. The van der Waals surface area contributed by atoms with Gasteiger partial charge in [0.05, 0.1) is 5.69 Å². The third kappa shape index (κ3) is 4.95. The lowest BCUT2D eigenvalue weighted by atomic mass is 10.2. The summed E-state index contributed by atoms with van der Waals surface area (Å²) in [5, 5.41) is 0.812. The Morgan fingerprint density at radius 3 is 2.44 bits per heavy atom. The molecule has 0 saturated carbocycles. The summed E-state index contributed by atoms with van der Waals surface area (Å²) >= 11 is 1.42. The van der Waals surface area contributed by atoms with Crippen LogP contribution in [0.3, 0.4) is 0 Å². The number of hydrogen-bond acceptors (Lipinski definition) is 4. The van der Waals surface area contributed by atoms with Gasteiger partial charge in [-0.2, -0.15) is 0 Å². The SMILES string of the molecule is CCN(Cc1ccccc1)C(=O)c1sc(COc2ccc(C)cc2)nc1C. The first-order valence-electron chi connectivity index (χ1n) is 9.05. The Kier molecular flexibility index (Phi) is 6.24. The second-order valence-corrected chi connectivity index (χ2v) is 7.51. The van der Waals surface area contributed by atoms with Gasteiger partial charge in [-0.25, -0.2) is 4.98 Å². The van der Waals surface area contributed by atoms with E-state index in [9.17, 15) is 4.79 Å². The summed E-state index contributed by atoms with van der Waals surface area (Å²) in [4.78, 5) is 20.1. The van der Waals surface area contributed by atoms with Crippen molar-refractivity contribution >= 4 is 17.2 Å². The van der Waals surface area contributed by atoms with Crippen molar-refractivity contribution in [3.8, 4) is 5.75 Å². The number of carbonyl (C=O) groups excluding carboxylic acids is 1. The first kappa shape index (κ1) is 19.1. The van der Waals surface area contributed by atoms with Crippen molar-refractivity contribution in [1.29, 1.82) is 0 Å². The molecule has 0 spiro atoms. The van der Waals surface area contributed by atoms with E-state index in [0.29, 0.717) is 24.6 Å². The van der Waals surface area contributed by atoms with Crippen LogP contribution in [0.2, 0.25) is 0 Å². The normalized spacial score (nSPS) is 10.6. The van der Waals surface area contributed by atoms with Gasteiger partial charge < -0.3 is 9.64 Å². The van der Waals surface area contributed by atoms with Crippen LogP contribution in [0.5, 0.6) is 5.75 Å². The first-order chi connectivity index (χ1) is 13.1. The zero-order chi connectivity index (χ0) is 19.2. The van der Waals surface area contributed by atoms with Crippen LogP contribution in [0.4, 0.5) is 0 Å². The Morgan fingerprint density at radius 1 is 1.07 bits per heavy atom. The van der Waals surface area contributed by atoms with E-state index < -0.39 is 0 Å². The minimum Gasteiger partial charge on any atom is -0.486 e. The molecule has 5 heteroatoms. The standard InChI is InChI=1S/C22H24N2O2S/c1-4-24(14-18-8-6-5-7-9-18)22(25)21-17(3)23-20(27-21)15-26-19-12-10-16(2)11-13-19/h5-13H,4,14-15H2,1-3H3. The highest BCUT2D eigenvalue weighted by atomic mass is 32.1. The predicted molar refractivity (Wildman–Crippen MR) is 109 cm³/mol. The molecule has 0 radical (unpaired) electrons. The van der Waals surface area contributed by atoms with E-state index in [2.05, 4.69) is 4.98 Å². The summed E-state index contributed by atoms with van der Waals surface area (Å²) in [7, 11) is 0. The van der Waals surface area contributed by atoms with Gasteiger partial charge in [0.2, 0.25) is 0 Å². The topological polar surface area (TPSA) is 42.4 Å². The molecule has 4 nitrogen and oxygen atoms in total. The minimum atomic E-state index is 0.0259. The summed E-state index contributed by atoms with van der Waals surface area (Å²) < 4.78 is 5.80. The lowest BCUT2D eigenvalue weighted by Gasteiger charge is -2.20. The van der Waals surface area contributed by atoms with Gasteiger partial charge in [0.25, 0.3) is 5.91 Å². The number of amides is 1. The molecule has 140 valence electrons. The summed E-state index contributed by atoms with van der Waals surface area (Å²) in [5.74, 6) is 0.832. The molecule has 0 atom stereocenters. The van der Waals surface area contributed by atoms with Crippen LogP contribution in [0.15, 0.2) is 54.6 Å². The Bertz CT molecular complexity index is 888. The monoisotopic (exact) mass is 380 g/mol. The maximum Gasteiger partial charge on any atom is 0.266 e. The molecule has 3 rings (SSSR count). The molecule has 2 aromatic carbocycles. The lowest BCUT2D eigenvalue weighted by Crippen LogP contribution is -2.30. The van der Waals surface area contributed by atoms with Crippen LogP contribution in [0, 0.1) is 13.8 Å². The van der Waals surface area contributed by atoms with Crippen LogP contribution in [0.1, 0.15) is 38.4 Å². The Hall–Kier alpha value is -2.66. The van der Waals surface area contributed by atoms with Crippen molar-refractivity contribution in [1.82, 2.24) is 9.88 Å². The average molecular weight is 381 g/mol. The Balaban J connectivity index is 1.68. The third-order valence-corrected chi connectivity index (χ3v) is 5.42. The third-order valence-electron chi connectivity index (χ3n) is 4.30. The molecule has 0 saturated heterocycles. The van der Waals surface area contributed by atoms with E-state index in [1.807, 2.05) is 80.3 Å². The summed E-state index contributed by atoms with van der Waals surface area (Å²) in [6, 6.07) is 18.0. The van der Waals surface area contributed by atoms with Crippen LogP contribution < -0.4 is 4.74 Å². The van der Waals surface area contributed by atoms with Gasteiger partial charge >= 0.3 is 0 Å². The molecule has 0 aliphatic heterocycles. The largest absolute Gasteiger partial charge is 0.486 e. The molecule has 1 heterocycles. The highest BCUT2D eigenvalue weighted by Crippen LogP contribution is 2.23. The van der Waals surface area contributed by atoms with Gasteiger partial charge in [-0.1, -0.05) is 48.0 Å². The van der Waals surface area contributed by atoms with Gasteiger partial charge in [0, 0.05) is 13.1 Å². The number of nitrogens with zero attached hydrogens (tertiary/aromatic N) is 2. The van der Waals surface area contributed by atoms with Crippen molar-refractivity contribution in [2.75, 3.05) is 6.54 Å². The van der Waals surface area contributed by atoms with E-state index in [-0.39, 0.29) is 5.91 Å². The second kappa shape index (κ2) is 8.82. The highest BCUT2D eigenvalue weighted by Gasteiger charge is 2.21. The molecule has 0 N–H and O–H groups in total. The fraction of sp³-hybridized carbons (Fsp3) is 0.273. The van der Waals surface area contributed by atoms with Crippen LogP contribution in [-0.4, -0.2) is 22.3 Å². The van der Waals surface area contributed by atoms with Gasteiger partial charge in [0.15, 0.2) is 0 Å². The van der Waals surface area contributed by atoms with Crippen molar-refractivity contribution < 1.29 is 9.53 Å². The highest BCUT2D eigenvalue weighted by molar-refractivity contribution is 7.13. The van der Waals surface area contributed by atoms with E-state index in [4.69, 9.17) is 4.74 Å². The molecule has 0 aliphatic carbocycles. The fourth-order valence-electron chi connectivity index (χ4n) is 2.77. The lowest BCUT2D eigenvalue weighted by molar-refractivity contribution is 0.0756. The Morgan fingerprint density at radius 2 is 1.78 bits per heavy atom. The number of thiazole rings is 1. The minimum absolute atomic E-state index is 0.0259. The van der Waals surface area contributed by atoms with Gasteiger partial charge in [-0.3, -0.25) is 4.79 Å². The maximum atomic E-state index is 13.0. The van der Waals surface area contributed by atoms with Crippen LogP contribution in [-0.2, 0) is 13.2 Å². The van der Waals surface area contributed by atoms with Crippen molar-refractivity contribution in [2.24, 2.45) is 0 Å². The number of hydrogen-bond donors (Lipinski definition) is 0. The Labute approximate surface area is 164 Å². The van der Waals surface area contributed by atoms with Gasteiger partial charge in [-0.15, -0.1) is 11.3 Å². The molecule has 1 aromatic heterocycles. The molecule has 0 unspecified atom stereocenters. The van der Waals surface area contributed by atoms with Crippen molar-refractivity contribution in [3.63, 3.8) is 0 Å². The number of aromatic nitrogens is 1. The molecule has 3 aromatic rings. The summed E-state index contributed by atoms with van der Waals surface area (Å²) in [5.41, 5.74) is 3.08. The zero-order valence-corrected chi connectivity index (χ0v) is 16.8. The summed E-state index contributed by atoms with van der Waals surface area (Å²) in [6.07, 6.45) is 0. The predicted octanol–water partition coefficient (Wildman–Crippen LogP) is 5.00. The number of rotatable bonds is 7. The molecule has 0 fully saturated rings. The van der Waals surface area contributed by atoms with E-state index >= 15 is 0 Å². The molecule has 1 amide bonds. The van der Waals surface area contributed by atoms with Crippen LogP contribution in [0.25, 0.3) is 0 Å². The second-order valence-electron chi connectivity index (χ2n) is 6.43. The van der Waals surface area contributed by atoms with Gasteiger partial charge in [-0.05, 0) is 38.5 Å². The van der Waals surface area contributed by atoms with E-state index in [1.54, 1.807) is 0 Å². The quantitative estimate of drug-likeness (QED) is 0.579. The van der Waals surface area contributed by atoms with Gasteiger partial charge in [0.1, 0.15) is 22.2 Å². The zero-order valence-electron chi connectivity index (χ0n) is 15.9. The van der Waals surface area contributed by atoms with Crippen molar-refractivity contribution in [2.45, 2.75) is 33.9 Å². The molecular formula is C22H24N2O2S. The molecule has 0 bridgehead atoms. The smallest absolute Gasteiger partial charge is 0.266 e.